The van der Waals surface area contributed by atoms with Crippen LogP contribution in [-0.4, -0.2) is 4.98 Å². The molecular weight excluding hydrogens is 198 g/mol. The molecule has 16 heavy (non-hydrogen) atoms. The van der Waals surface area contributed by atoms with Gasteiger partial charge in [-0.3, -0.25) is 16.3 Å². The number of hydrogen-bond acceptors (Lipinski definition) is 3. The molecule has 3 nitrogen and oxygen atoms in total. The summed E-state index contributed by atoms with van der Waals surface area (Å²) < 4.78 is 0. The Balaban J connectivity index is 2.09. The number of nitrogens with two attached hydrogens (primary N) is 1. The quantitative estimate of drug-likeness (QED) is 0.466. The predicted octanol–water partition coefficient (Wildman–Crippen LogP) is 2.56. The fourth-order valence-corrected chi connectivity index (χ4v) is 2.72. The van der Waals surface area contributed by atoms with Crippen LogP contribution in [0.15, 0.2) is 24.5 Å². The van der Waals surface area contributed by atoms with Gasteiger partial charge in [0.25, 0.3) is 0 Å². The maximum atomic E-state index is 5.72. The molecule has 1 atom stereocenters. The van der Waals surface area contributed by atoms with Crippen molar-refractivity contribution in [2.75, 3.05) is 0 Å². The molecule has 1 aliphatic rings. The number of hydrazine groups is 1. The third-order valence-corrected chi connectivity index (χ3v) is 3.62. The Labute approximate surface area is 97.4 Å². The lowest BCUT2D eigenvalue weighted by Gasteiger charge is -2.25. The minimum Gasteiger partial charge on any atom is -0.271 e. The molecule has 0 aliphatic heterocycles. The van der Waals surface area contributed by atoms with E-state index in [0.29, 0.717) is 12.0 Å². The van der Waals surface area contributed by atoms with E-state index in [1.807, 2.05) is 12.4 Å². The average Bonchev–Trinajstić information content (AvgIpc) is 2.61. The van der Waals surface area contributed by atoms with Crippen LogP contribution in [0.5, 0.6) is 0 Å². The second-order valence-corrected chi connectivity index (χ2v) is 4.68. The van der Waals surface area contributed by atoms with Crippen LogP contribution in [0, 0.1) is 5.92 Å². The van der Waals surface area contributed by atoms with E-state index in [1.54, 1.807) is 0 Å². The predicted molar refractivity (Wildman–Crippen MR) is 65.5 cm³/mol. The van der Waals surface area contributed by atoms with Crippen molar-refractivity contribution in [3.05, 3.63) is 30.1 Å². The van der Waals surface area contributed by atoms with Gasteiger partial charge in [0, 0.05) is 18.4 Å². The van der Waals surface area contributed by atoms with Crippen LogP contribution >= 0.6 is 0 Å². The van der Waals surface area contributed by atoms with Crippen LogP contribution in [0.4, 0.5) is 0 Å². The number of rotatable bonds is 3. The molecule has 3 heteroatoms. The fourth-order valence-electron chi connectivity index (χ4n) is 2.72. The number of nitrogens with zero attached hydrogens (tertiary/aromatic N) is 1. The van der Waals surface area contributed by atoms with Gasteiger partial charge in [0.15, 0.2) is 0 Å². The van der Waals surface area contributed by atoms with Crippen molar-refractivity contribution in [3.63, 3.8) is 0 Å². The fraction of sp³-hybridized carbons (Fsp3) is 0.615. The summed E-state index contributed by atoms with van der Waals surface area (Å²) in [5.41, 5.74) is 4.26. The zero-order valence-corrected chi connectivity index (χ0v) is 9.73. The van der Waals surface area contributed by atoms with Crippen molar-refractivity contribution in [2.24, 2.45) is 11.8 Å². The van der Waals surface area contributed by atoms with E-state index in [0.717, 1.165) is 0 Å². The lowest BCUT2D eigenvalue weighted by atomic mass is 9.88. The van der Waals surface area contributed by atoms with Crippen molar-refractivity contribution < 1.29 is 0 Å². The van der Waals surface area contributed by atoms with Gasteiger partial charge in [0.1, 0.15) is 0 Å². The van der Waals surface area contributed by atoms with E-state index >= 15 is 0 Å². The molecule has 1 aromatic rings. The molecule has 0 spiro atoms. The Morgan fingerprint density at radius 2 is 1.75 bits per heavy atom. The summed E-state index contributed by atoms with van der Waals surface area (Å²) in [4.78, 5) is 4.06. The minimum absolute atomic E-state index is 0.293. The lowest BCUT2D eigenvalue weighted by molar-refractivity contribution is 0.329. The van der Waals surface area contributed by atoms with Crippen LogP contribution in [0.2, 0.25) is 0 Å². The van der Waals surface area contributed by atoms with Crippen LogP contribution < -0.4 is 11.3 Å². The molecule has 0 amide bonds. The molecule has 0 bridgehead atoms. The van der Waals surface area contributed by atoms with Crippen molar-refractivity contribution in [3.8, 4) is 0 Å². The number of aromatic nitrogens is 1. The Morgan fingerprint density at radius 1 is 1.12 bits per heavy atom. The van der Waals surface area contributed by atoms with Crippen LogP contribution in [0.1, 0.15) is 50.1 Å². The van der Waals surface area contributed by atoms with Crippen molar-refractivity contribution in [1.29, 1.82) is 0 Å². The summed E-state index contributed by atoms with van der Waals surface area (Å²) in [6.07, 6.45) is 11.7. The zero-order valence-electron chi connectivity index (χ0n) is 9.73. The first-order valence-corrected chi connectivity index (χ1v) is 6.28. The first kappa shape index (κ1) is 11.6. The third kappa shape index (κ3) is 2.80. The highest BCUT2D eigenvalue weighted by molar-refractivity contribution is 5.15. The standard InChI is InChI=1S/C13H21N3/c14-16-13(12-7-9-15-10-8-12)11-5-3-1-2-4-6-11/h7-11,13,16H,1-6,14H2. The Morgan fingerprint density at radius 3 is 2.31 bits per heavy atom. The molecule has 1 unspecified atom stereocenters. The molecule has 2 rings (SSSR count). The topological polar surface area (TPSA) is 50.9 Å². The normalized spacial score (nSPS) is 20.3. The van der Waals surface area contributed by atoms with Gasteiger partial charge in [-0.2, -0.15) is 0 Å². The second-order valence-electron chi connectivity index (χ2n) is 4.68. The van der Waals surface area contributed by atoms with E-state index < -0.39 is 0 Å². The highest BCUT2D eigenvalue weighted by Crippen LogP contribution is 2.32. The third-order valence-electron chi connectivity index (χ3n) is 3.62. The zero-order chi connectivity index (χ0) is 11.2. The van der Waals surface area contributed by atoms with E-state index in [9.17, 15) is 0 Å². The largest absolute Gasteiger partial charge is 0.271 e. The summed E-state index contributed by atoms with van der Waals surface area (Å²) >= 11 is 0. The lowest BCUT2D eigenvalue weighted by Crippen LogP contribution is -2.33. The SMILES string of the molecule is NNC(c1ccncc1)C1CCCCCC1. The molecule has 1 fully saturated rings. The van der Waals surface area contributed by atoms with Crippen molar-refractivity contribution in [2.45, 2.75) is 44.6 Å². The number of nitrogens with one attached hydrogen (secondary N) is 1. The first-order valence-electron chi connectivity index (χ1n) is 6.28. The molecule has 0 aromatic carbocycles. The smallest absolute Gasteiger partial charge is 0.0489 e. The molecule has 1 aliphatic carbocycles. The second kappa shape index (κ2) is 5.97. The first-order chi connectivity index (χ1) is 7.92. The van der Waals surface area contributed by atoms with E-state index in [2.05, 4.69) is 22.5 Å². The summed E-state index contributed by atoms with van der Waals surface area (Å²) in [7, 11) is 0. The highest BCUT2D eigenvalue weighted by atomic mass is 15.2. The van der Waals surface area contributed by atoms with Gasteiger partial charge in [0.2, 0.25) is 0 Å². The monoisotopic (exact) mass is 219 g/mol. The Hall–Kier alpha value is -0.930. The molecule has 1 aromatic heterocycles. The van der Waals surface area contributed by atoms with Gasteiger partial charge in [-0.25, -0.2) is 0 Å². The molecule has 88 valence electrons. The van der Waals surface area contributed by atoms with E-state index in [4.69, 9.17) is 5.84 Å². The summed E-state index contributed by atoms with van der Waals surface area (Å²) in [6.45, 7) is 0. The molecule has 3 N–H and O–H groups in total. The van der Waals surface area contributed by atoms with Gasteiger partial charge >= 0.3 is 0 Å². The van der Waals surface area contributed by atoms with Gasteiger partial charge in [-0.05, 0) is 36.5 Å². The van der Waals surface area contributed by atoms with Crippen LogP contribution in [-0.2, 0) is 0 Å². The van der Waals surface area contributed by atoms with E-state index in [1.165, 1.54) is 44.1 Å². The molecule has 1 saturated carbocycles. The maximum Gasteiger partial charge on any atom is 0.0489 e. The summed E-state index contributed by atoms with van der Waals surface area (Å²) in [5.74, 6) is 6.39. The summed E-state index contributed by atoms with van der Waals surface area (Å²) in [6, 6.07) is 4.42. The molecule has 0 saturated heterocycles. The van der Waals surface area contributed by atoms with Crippen molar-refractivity contribution in [1.82, 2.24) is 10.4 Å². The Bertz CT molecular complexity index is 291. The maximum absolute atomic E-state index is 5.72. The van der Waals surface area contributed by atoms with Crippen LogP contribution in [0.25, 0.3) is 0 Å². The summed E-state index contributed by atoms with van der Waals surface area (Å²) in [5, 5.41) is 0. The molecule has 1 heterocycles. The van der Waals surface area contributed by atoms with Gasteiger partial charge in [-0.15, -0.1) is 0 Å². The number of pyridine rings is 1. The van der Waals surface area contributed by atoms with Gasteiger partial charge in [0.05, 0.1) is 0 Å². The van der Waals surface area contributed by atoms with Crippen LogP contribution in [0.3, 0.4) is 0 Å². The van der Waals surface area contributed by atoms with Crippen molar-refractivity contribution >= 4 is 0 Å². The van der Waals surface area contributed by atoms with Gasteiger partial charge in [-0.1, -0.05) is 25.7 Å². The minimum atomic E-state index is 0.293. The Kier molecular flexibility index (Phi) is 4.31. The molecular formula is C13H21N3. The van der Waals surface area contributed by atoms with Gasteiger partial charge < -0.3 is 0 Å². The van der Waals surface area contributed by atoms with E-state index in [-0.39, 0.29) is 0 Å². The molecule has 0 radical (unpaired) electrons. The average molecular weight is 219 g/mol. The number of hydrogen-bond donors (Lipinski definition) is 2. The highest BCUT2D eigenvalue weighted by Gasteiger charge is 2.22.